The van der Waals surface area contributed by atoms with Crippen LogP contribution in [-0.2, 0) is 14.8 Å². The summed E-state index contributed by atoms with van der Waals surface area (Å²) in [6, 6.07) is 12.5. The number of ether oxygens (including phenoxy) is 1. The van der Waals surface area contributed by atoms with E-state index in [0.717, 1.165) is 32.1 Å². The highest BCUT2D eigenvalue weighted by Gasteiger charge is 2.26. The van der Waals surface area contributed by atoms with Crippen LogP contribution in [0.4, 0.5) is 5.69 Å². The Balaban J connectivity index is 1.67. The van der Waals surface area contributed by atoms with E-state index >= 15 is 0 Å². The van der Waals surface area contributed by atoms with Crippen molar-refractivity contribution in [2.24, 2.45) is 0 Å². The zero-order valence-corrected chi connectivity index (χ0v) is 18.5. The second-order valence-corrected chi connectivity index (χ2v) is 9.45. The number of esters is 1. The van der Waals surface area contributed by atoms with Crippen LogP contribution in [0.5, 0.6) is 0 Å². The van der Waals surface area contributed by atoms with Gasteiger partial charge in [0.15, 0.2) is 0 Å². The van der Waals surface area contributed by atoms with Gasteiger partial charge in [-0.15, -0.1) is 0 Å². The molecule has 1 amide bonds. The number of benzene rings is 2. The molecule has 3 rings (SSSR count). The summed E-state index contributed by atoms with van der Waals surface area (Å²) < 4.78 is 32.4. The minimum atomic E-state index is -3.61. The first-order valence-electron chi connectivity index (χ1n) is 10.6. The van der Waals surface area contributed by atoms with E-state index in [1.165, 1.54) is 16.4 Å². The second-order valence-electron chi connectivity index (χ2n) is 7.51. The number of carbonyl (C=O) groups is 2. The molecule has 0 spiro atoms. The van der Waals surface area contributed by atoms with E-state index in [1.54, 1.807) is 36.4 Å². The van der Waals surface area contributed by atoms with Crippen molar-refractivity contribution in [3.63, 3.8) is 0 Å². The van der Waals surface area contributed by atoms with Crippen LogP contribution in [0, 0.1) is 0 Å². The number of piperidine rings is 1. The van der Waals surface area contributed by atoms with Gasteiger partial charge in [-0.1, -0.05) is 25.8 Å². The maximum absolute atomic E-state index is 12.9. The summed E-state index contributed by atoms with van der Waals surface area (Å²) in [4.78, 5) is 24.7. The average Bonchev–Trinajstić information content (AvgIpc) is 2.80. The van der Waals surface area contributed by atoms with Gasteiger partial charge in [0.2, 0.25) is 10.0 Å². The minimum absolute atomic E-state index is 0.118. The topological polar surface area (TPSA) is 92.8 Å². The standard InChI is InChI=1S/C23H28N2O5S/c1-2-3-16-30-23(27)18-10-12-20(13-11-18)24-22(26)19-8-7-9-21(17-19)31(28,29)25-14-5-4-6-15-25/h7-13,17H,2-6,14-16H2,1H3,(H,24,26). The molecule has 0 unspecified atom stereocenters. The number of hydrogen-bond acceptors (Lipinski definition) is 5. The normalized spacial score (nSPS) is 14.7. The van der Waals surface area contributed by atoms with Crippen molar-refractivity contribution < 1.29 is 22.7 Å². The van der Waals surface area contributed by atoms with Crippen LogP contribution in [0.3, 0.4) is 0 Å². The largest absolute Gasteiger partial charge is 0.462 e. The highest BCUT2D eigenvalue weighted by molar-refractivity contribution is 7.89. The lowest BCUT2D eigenvalue weighted by Crippen LogP contribution is -2.35. The summed E-state index contributed by atoms with van der Waals surface area (Å²) in [6.07, 6.45) is 4.48. The highest BCUT2D eigenvalue weighted by atomic mass is 32.2. The summed E-state index contributed by atoms with van der Waals surface area (Å²) in [5.41, 5.74) is 1.16. The fourth-order valence-electron chi connectivity index (χ4n) is 3.34. The SMILES string of the molecule is CCCCOC(=O)c1ccc(NC(=O)c2cccc(S(=O)(=O)N3CCCCC3)c2)cc1. The molecule has 0 atom stereocenters. The van der Waals surface area contributed by atoms with Gasteiger partial charge < -0.3 is 10.1 Å². The molecule has 1 fully saturated rings. The van der Waals surface area contributed by atoms with E-state index in [9.17, 15) is 18.0 Å². The predicted molar refractivity (Wildman–Crippen MR) is 119 cm³/mol. The maximum atomic E-state index is 12.9. The third-order valence-corrected chi connectivity index (χ3v) is 7.05. The molecule has 0 bridgehead atoms. The molecule has 1 aliphatic heterocycles. The Bertz CT molecular complexity index is 1010. The zero-order valence-electron chi connectivity index (χ0n) is 17.7. The quantitative estimate of drug-likeness (QED) is 0.489. The lowest BCUT2D eigenvalue weighted by Gasteiger charge is -2.26. The van der Waals surface area contributed by atoms with Gasteiger partial charge in [0.25, 0.3) is 5.91 Å². The van der Waals surface area contributed by atoms with Crippen LogP contribution in [-0.4, -0.2) is 44.3 Å². The molecule has 1 aliphatic rings. The Morgan fingerprint density at radius 1 is 1.00 bits per heavy atom. The molecule has 1 N–H and O–H groups in total. The van der Waals surface area contributed by atoms with Crippen molar-refractivity contribution >= 4 is 27.6 Å². The smallest absolute Gasteiger partial charge is 0.338 e. The van der Waals surface area contributed by atoms with Crippen molar-refractivity contribution in [1.29, 1.82) is 0 Å². The molecule has 0 aliphatic carbocycles. The van der Waals surface area contributed by atoms with Crippen molar-refractivity contribution in [3.05, 3.63) is 59.7 Å². The molecular formula is C23H28N2O5S. The van der Waals surface area contributed by atoms with E-state index in [2.05, 4.69) is 5.32 Å². The first-order chi connectivity index (χ1) is 14.9. The van der Waals surface area contributed by atoms with E-state index in [-0.39, 0.29) is 10.5 Å². The molecule has 1 saturated heterocycles. The van der Waals surface area contributed by atoms with Gasteiger partial charge in [0.05, 0.1) is 17.1 Å². The van der Waals surface area contributed by atoms with Gasteiger partial charge in [-0.05, 0) is 61.7 Å². The van der Waals surface area contributed by atoms with Crippen molar-refractivity contribution in [1.82, 2.24) is 4.31 Å². The number of sulfonamides is 1. The van der Waals surface area contributed by atoms with Gasteiger partial charge in [-0.3, -0.25) is 4.79 Å². The Morgan fingerprint density at radius 3 is 2.39 bits per heavy atom. The number of nitrogens with zero attached hydrogens (tertiary/aromatic N) is 1. The van der Waals surface area contributed by atoms with Gasteiger partial charge >= 0.3 is 5.97 Å². The Kier molecular flexibility index (Phi) is 7.81. The molecule has 8 heteroatoms. The van der Waals surface area contributed by atoms with Crippen LogP contribution >= 0.6 is 0 Å². The van der Waals surface area contributed by atoms with Crippen LogP contribution in [0.2, 0.25) is 0 Å². The van der Waals surface area contributed by atoms with Gasteiger partial charge in [-0.2, -0.15) is 4.31 Å². The third kappa shape index (κ3) is 5.92. The number of rotatable bonds is 8. The predicted octanol–water partition coefficient (Wildman–Crippen LogP) is 4.07. The third-order valence-electron chi connectivity index (χ3n) is 5.16. The van der Waals surface area contributed by atoms with Gasteiger partial charge in [0, 0.05) is 24.3 Å². The van der Waals surface area contributed by atoms with Crippen LogP contribution in [0.25, 0.3) is 0 Å². The van der Waals surface area contributed by atoms with Gasteiger partial charge in [-0.25, -0.2) is 13.2 Å². The number of carbonyl (C=O) groups excluding carboxylic acids is 2. The highest BCUT2D eigenvalue weighted by Crippen LogP contribution is 2.22. The number of anilines is 1. The molecule has 0 saturated carbocycles. The molecule has 0 aromatic heterocycles. The molecule has 7 nitrogen and oxygen atoms in total. The number of unbranched alkanes of at least 4 members (excludes halogenated alkanes) is 1. The summed E-state index contributed by atoms with van der Waals surface area (Å²) in [5, 5.41) is 2.74. The molecule has 166 valence electrons. The Morgan fingerprint density at radius 2 is 1.71 bits per heavy atom. The lowest BCUT2D eigenvalue weighted by molar-refractivity contribution is 0.0499. The Hall–Kier alpha value is -2.71. The molecule has 2 aromatic carbocycles. The average molecular weight is 445 g/mol. The number of nitrogens with one attached hydrogen (secondary N) is 1. The summed E-state index contributed by atoms with van der Waals surface area (Å²) in [6.45, 7) is 3.41. The maximum Gasteiger partial charge on any atom is 0.338 e. The monoisotopic (exact) mass is 444 g/mol. The van der Waals surface area contributed by atoms with Gasteiger partial charge in [0.1, 0.15) is 0 Å². The van der Waals surface area contributed by atoms with Crippen LogP contribution in [0.1, 0.15) is 59.7 Å². The minimum Gasteiger partial charge on any atom is -0.462 e. The van der Waals surface area contributed by atoms with Crippen molar-refractivity contribution in [2.75, 3.05) is 25.0 Å². The van der Waals surface area contributed by atoms with E-state index in [1.807, 2.05) is 6.92 Å². The molecular weight excluding hydrogens is 416 g/mol. The van der Waals surface area contributed by atoms with Crippen LogP contribution < -0.4 is 5.32 Å². The summed E-state index contributed by atoms with van der Waals surface area (Å²) in [5.74, 6) is -0.823. The number of amides is 1. The van der Waals surface area contributed by atoms with E-state index < -0.39 is 21.9 Å². The fourth-order valence-corrected chi connectivity index (χ4v) is 4.90. The lowest BCUT2D eigenvalue weighted by atomic mass is 10.2. The second kappa shape index (κ2) is 10.5. The van der Waals surface area contributed by atoms with Crippen molar-refractivity contribution in [2.45, 2.75) is 43.9 Å². The molecule has 1 heterocycles. The van der Waals surface area contributed by atoms with Crippen molar-refractivity contribution in [3.8, 4) is 0 Å². The summed E-state index contributed by atoms with van der Waals surface area (Å²) >= 11 is 0. The molecule has 31 heavy (non-hydrogen) atoms. The zero-order chi connectivity index (χ0) is 22.3. The van der Waals surface area contributed by atoms with E-state index in [4.69, 9.17) is 4.74 Å². The molecule has 2 aromatic rings. The molecule has 0 radical (unpaired) electrons. The first-order valence-corrected chi connectivity index (χ1v) is 12.0. The fraction of sp³-hybridized carbons (Fsp3) is 0.391. The Labute approximate surface area is 183 Å². The first kappa shape index (κ1) is 23.0. The van der Waals surface area contributed by atoms with Crippen LogP contribution in [0.15, 0.2) is 53.4 Å². The van der Waals surface area contributed by atoms with E-state index in [0.29, 0.717) is 30.9 Å². The number of hydrogen-bond donors (Lipinski definition) is 1. The summed E-state index contributed by atoms with van der Waals surface area (Å²) in [7, 11) is -3.61.